The molecule has 1 heterocycles. The number of nitrogens with one attached hydrogen (secondary N) is 2. The second-order valence-electron chi connectivity index (χ2n) is 11.3. The highest BCUT2D eigenvalue weighted by molar-refractivity contribution is 5.95. The first kappa shape index (κ1) is 33.4. The number of hydrogen-bond donors (Lipinski definition) is 6. The zero-order valence-corrected chi connectivity index (χ0v) is 26.0. The Balaban J connectivity index is 1.00. The zero-order valence-electron chi connectivity index (χ0n) is 26.0. The number of nitrogens with zero attached hydrogens (tertiary/aromatic N) is 1. The predicted molar refractivity (Wildman–Crippen MR) is 178 cm³/mol. The van der Waals surface area contributed by atoms with Crippen LogP contribution in [0.15, 0.2) is 114 Å². The SMILES string of the molecule is NC(=O)c1cc([C@@H](O)CNCCc2ccc(OCCCNCc3cc(C(O)(c4ccccc4)c4ccccc4)no3)cc2)ccc1O. The van der Waals surface area contributed by atoms with Crippen LogP contribution in [0, 0.1) is 0 Å². The lowest BCUT2D eigenvalue weighted by Crippen LogP contribution is -2.29. The maximum atomic E-state index is 11.9. The average Bonchev–Trinajstić information content (AvgIpc) is 3.58. The number of phenols is 1. The van der Waals surface area contributed by atoms with Crippen LogP contribution in [0.3, 0.4) is 0 Å². The van der Waals surface area contributed by atoms with E-state index in [2.05, 4.69) is 15.8 Å². The summed E-state index contributed by atoms with van der Waals surface area (Å²) in [4.78, 5) is 11.4. The van der Waals surface area contributed by atoms with Crippen LogP contribution >= 0.6 is 0 Å². The minimum atomic E-state index is -1.43. The molecule has 244 valence electrons. The van der Waals surface area contributed by atoms with Gasteiger partial charge in [0.25, 0.3) is 5.91 Å². The molecule has 0 fully saturated rings. The number of aliphatic hydroxyl groups excluding tert-OH is 1. The van der Waals surface area contributed by atoms with Crippen LogP contribution in [0.2, 0.25) is 0 Å². The number of hydrogen-bond acceptors (Lipinski definition) is 9. The van der Waals surface area contributed by atoms with Gasteiger partial charge in [0.2, 0.25) is 0 Å². The van der Waals surface area contributed by atoms with Gasteiger partial charge >= 0.3 is 0 Å². The van der Waals surface area contributed by atoms with Crippen molar-refractivity contribution in [2.24, 2.45) is 5.73 Å². The molecule has 5 rings (SSSR count). The molecule has 0 radical (unpaired) electrons. The summed E-state index contributed by atoms with van der Waals surface area (Å²) < 4.78 is 11.5. The fourth-order valence-corrected chi connectivity index (χ4v) is 5.29. The smallest absolute Gasteiger partial charge is 0.252 e. The Morgan fingerprint density at radius 1 is 0.894 bits per heavy atom. The number of carbonyl (C=O) groups excluding carboxylic acids is 1. The Bertz CT molecular complexity index is 1670. The number of benzene rings is 4. The van der Waals surface area contributed by atoms with Crippen molar-refractivity contribution < 1.29 is 29.4 Å². The van der Waals surface area contributed by atoms with Gasteiger partial charge in [0, 0.05) is 12.6 Å². The van der Waals surface area contributed by atoms with Gasteiger partial charge in [0.15, 0.2) is 11.4 Å². The fraction of sp³-hybridized carbons (Fsp3) is 0.243. The lowest BCUT2D eigenvalue weighted by molar-refractivity contribution is 0.0997. The summed E-state index contributed by atoms with van der Waals surface area (Å²) in [5.74, 6) is 0.463. The molecule has 0 aliphatic carbocycles. The molecule has 0 aliphatic heterocycles. The van der Waals surface area contributed by atoms with Gasteiger partial charge in [-0.15, -0.1) is 0 Å². The van der Waals surface area contributed by atoms with Gasteiger partial charge in [-0.2, -0.15) is 0 Å². The van der Waals surface area contributed by atoms with Crippen LogP contribution in [0.5, 0.6) is 11.5 Å². The predicted octanol–water partition coefficient (Wildman–Crippen LogP) is 4.19. The van der Waals surface area contributed by atoms with Gasteiger partial charge in [0.1, 0.15) is 17.2 Å². The van der Waals surface area contributed by atoms with Crippen molar-refractivity contribution in [3.8, 4) is 11.5 Å². The third kappa shape index (κ3) is 8.63. The molecule has 1 amide bonds. The van der Waals surface area contributed by atoms with Crippen LogP contribution in [0.1, 0.15) is 56.6 Å². The van der Waals surface area contributed by atoms with E-state index in [0.717, 1.165) is 24.2 Å². The molecule has 0 unspecified atom stereocenters. The lowest BCUT2D eigenvalue weighted by atomic mass is 9.83. The molecule has 0 bridgehead atoms. The summed E-state index contributed by atoms with van der Waals surface area (Å²) in [5.41, 5.74) is 7.31. The third-order valence-corrected chi connectivity index (χ3v) is 7.90. The van der Waals surface area contributed by atoms with Crippen LogP contribution in [-0.2, 0) is 18.6 Å². The van der Waals surface area contributed by atoms with E-state index in [1.165, 1.54) is 12.1 Å². The molecule has 7 N–H and O–H groups in total. The molecule has 10 heteroatoms. The zero-order chi connectivity index (χ0) is 33.1. The average molecular weight is 637 g/mol. The Kier molecular flexibility index (Phi) is 11.4. The van der Waals surface area contributed by atoms with E-state index in [9.17, 15) is 20.1 Å². The summed E-state index contributed by atoms with van der Waals surface area (Å²) >= 11 is 0. The van der Waals surface area contributed by atoms with Crippen molar-refractivity contribution in [3.63, 3.8) is 0 Å². The summed E-state index contributed by atoms with van der Waals surface area (Å²) in [6.07, 6.45) is 0.706. The maximum Gasteiger partial charge on any atom is 0.252 e. The molecule has 4 aromatic carbocycles. The molecule has 0 spiro atoms. The molecule has 1 atom stereocenters. The number of aromatic hydroxyl groups is 1. The summed E-state index contributed by atoms with van der Waals surface area (Å²) in [5, 5.41) is 42.8. The van der Waals surface area contributed by atoms with Gasteiger partial charge in [-0.3, -0.25) is 4.79 Å². The van der Waals surface area contributed by atoms with Crippen LogP contribution < -0.4 is 21.1 Å². The lowest BCUT2D eigenvalue weighted by Gasteiger charge is -2.27. The minimum Gasteiger partial charge on any atom is -0.507 e. The molecule has 0 aliphatic rings. The Hall–Kier alpha value is -5.00. The molecular formula is C37H40N4O6. The van der Waals surface area contributed by atoms with E-state index in [1.54, 1.807) is 12.1 Å². The number of carbonyl (C=O) groups is 1. The largest absolute Gasteiger partial charge is 0.507 e. The van der Waals surface area contributed by atoms with Crippen LogP contribution in [0.4, 0.5) is 0 Å². The van der Waals surface area contributed by atoms with Crippen molar-refractivity contribution in [2.75, 3.05) is 26.2 Å². The molecular weight excluding hydrogens is 596 g/mol. The Morgan fingerprint density at radius 3 is 2.23 bits per heavy atom. The monoisotopic (exact) mass is 636 g/mol. The first-order valence-corrected chi connectivity index (χ1v) is 15.6. The first-order valence-electron chi connectivity index (χ1n) is 15.6. The van der Waals surface area contributed by atoms with Gasteiger partial charge in [0.05, 0.1) is 24.8 Å². The summed E-state index contributed by atoms with van der Waals surface area (Å²) in [7, 11) is 0. The second-order valence-corrected chi connectivity index (χ2v) is 11.3. The number of aromatic nitrogens is 1. The number of rotatable bonds is 17. The topological polar surface area (TPSA) is 163 Å². The number of nitrogens with two attached hydrogens (primary N) is 1. The van der Waals surface area contributed by atoms with E-state index < -0.39 is 17.6 Å². The van der Waals surface area contributed by atoms with Crippen LogP contribution in [-0.4, -0.2) is 52.6 Å². The molecule has 0 saturated carbocycles. The highest BCUT2D eigenvalue weighted by Gasteiger charge is 2.37. The van der Waals surface area contributed by atoms with Gasteiger partial charge in [-0.05, 0) is 72.5 Å². The highest BCUT2D eigenvalue weighted by Crippen LogP contribution is 2.36. The second kappa shape index (κ2) is 16.0. The maximum absolute atomic E-state index is 11.9. The molecule has 5 aromatic rings. The number of primary amides is 1. The van der Waals surface area contributed by atoms with E-state index in [0.29, 0.717) is 60.9 Å². The van der Waals surface area contributed by atoms with Crippen LogP contribution in [0.25, 0.3) is 0 Å². The Morgan fingerprint density at radius 2 is 1.57 bits per heavy atom. The summed E-state index contributed by atoms with van der Waals surface area (Å²) in [6, 6.07) is 32.9. The fourth-order valence-electron chi connectivity index (χ4n) is 5.29. The van der Waals surface area contributed by atoms with Crippen molar-refractivity contribution in [1.29, 1.82) is 0 Å². The van der Waals surface area contributed by atoms with E-state index in [1.807, 2.05) is 84.9 Å². The first-order chi connectivity index (χ1) is 22.8. The Labute approximate surface area is 273 Å². The quantitative estimate of drug-likeness (QED) is 0.0822. The minimum absolute atomic E-state index is 0.0152. The van der Waals surface area contributed by atoms with Gasteiger partial charge < -0.3 is 40.9 Å². The van der Waals surface area contributed by atoms with Crippen molar-refractivity contribution in [1.82, 2.24) is 15.8 Å². The highest BCUT2D eigenvalue weighted by atomic mass is 16.5. The van der Waals surface area contributed by atoms with E-state index in [4.69, 9.17) is 15.0 Å². The normalized spacial score (nSPS) is 12.1. The van der Waals surface area contributed by atoms with Crippen molar-refractivity contribution in [2.45, 2.75) is 31.1 Å². The summed E-state index contributed by atoms with van der Waals surface area (Å²) in [6.45, 7) is 2.66. The van der Waals surface area contributed by atoms with Gasteiger partial charge in [-0.25, -0.2) is 0 Å². The number of aliphatic hydroxyl groups is 2. The third-order valence-electron chi connectivity index (χ3n) is 7.90. The molecule has 10 nitrogen and oxygen atoms in total. The van der Waals surface area contributed by atoms with Crippen molar-refractivity contribution in [3.05, 3.63) is 148 Å². The molecule has 47 heavy (non-hydrogen) atoms. The molecule has 1 aromatic heterocycles. The number of amides is 1. The number of ether oxygens (including phenoxy) is 1. The van der Waals surface area contributed by atoms with E-state index >= 15 is 0 Å². The van der Waals surface area contributed by atoms with E-state index in [-0.39, 0.29) is 11.3 Å². The van der Waals surface area contributed by atoms with Crippen molar-refractivity contribution >= 4 is 5.91 Å². The molecule has 0 saturated heterocycles. The van der Waals surface area contributed by atoms with Gasteiger partial charge in [-0.1, -0.05) is 84.0 Å². The standard InChI is InChI=1S/C37H40N4O6/c38-36(44)32-22-27(14-17-33(32)42)34(43)25-40-20-18-26-12-15-30(16-13-26)46-21-7-19-39-24-31-23-35(41-47-31)37(45,28-8-3-1-4-9-28)29-10-5-2-6-11-29/h1-6,8-17,22-23,34,39-40,42-43,45H,7,18-21,24-25H2,(H2,38,44)/t34-/m0/s1.